The monoisotopic (exact) mass is 329 g/mol. The van der Waals surface area contributed by atoms with Gasteiger partial charge in [-0.15, -0.1) is 0 Å². The Morgan fingerprint density at radius 2 is 1.76 bits per heavy atom. The van der Waals surface area contributed by atoms with E-state index >= 15 is 0 Å². The van der Waals surface area contributed by atoms with Gasteiger partial charge in [0.1, 0.15) is 0 Å². The Bertz CT molecular complexity index is 1010. The van der Waals surface area contributed by atoms with Crippen LogP contribution in [-0.4, -0.2) is 4.98 Å². The third-order valence-corrected chi connectivity index (χ3v) is 5.66. The fourth-order valence-corrected chi connectivity index (χ4v) is 4.20. The molecule has 4 rings (SSSR count). The lowest BCUT2D eigenvalue weighted by molar-refractivity contribution is 0.450. The molecule has 0 fully saturated rings. The van der Waals surface area contributed by atoms with Crippen molar-refractivity contribution in [3.05, 3.63) is 60.2 Å². The molecular weight excluding hydrogens is 302 g/mol. The van der Waals surface area contributed by atoms with Crippen LogP contribution in [0, 0.1) is 5.92 Å². The quantitative estimate of drug-likeness (QED) is 0.384. The zero-order valence-corrected chi connectivity index (χ0v) is 15.3. The highest BCUT2D eigenvalue weighted by Gasteiger charge is 2.13. The zero-order chi connectivity index (χ0) is 17.2. The van der Waals surface area contributed by atoms with Crippen molar-refractivity contribution in [1.29, 1.82) is 0 Å². The molecule has 4 aromatic rings. The molecule has 0 saturated carbocycles. The molecule has 0 amide bonds. The van der Waals surface area contributed by atoms with Gasteiger partial charge < -0.3 is 4.98 Å². The van der Waals surface area contributed by atoms with E-state index in [-0.39, 0.29) is 0 Å². The van der Waals surface area contributed by atoms with E-state index in [1.165, 1.54) is 70.2 Å². The van der Waals surface area contributed by atoms with Crippen LogP contribution in [0.1, 0.15) is 45.1 Å². The summed E-state index contributed by atoms with van der Waals surface area (Å²) in [4.78, 5) is 3.70. The smallest absolute Gasteiger partial charge is 0.0547 e. The average molecular weight is 329 g/mol. The van der Waals surface area contributed by atoms with Crippen LogP contribution >= 0.6 is 0 Å². The Kier molecular flexibility index (Phi) is 4.48. The van der Waals surface area contributed by atoms with Gasteiger partial charge in [-0.3, -0.25) is 0 Å². The van der Waals surface area contributed by atoms with Gasteiger partial charge in [0.2, 0.25) is 0 Å². The Balaban J connectivity index is 1.89. The first-order chi connectivity index (χ1) is 12.3. The molecular formula is C24H27N. The van der Waals surface area contributed by atoms with Crippen LogP contribution < -0.4 is 0 Å². The summed E-state index contributed by atoms with van der Waals surface area (Å²) in [7, 11) is 0. The molecule has 1 unspecified atom stereocenters. The molecule has 0 aliphatic carbocycles. The first-order valence-electron chi connectivity index (χ1n) is 9.72. The summed E-state index contributed by atoms with van der Waals surface area (Å²) in [5.74, 6) is 0.783. The molecule has 1 N–H and O–H groups in total. The van der Waals surface area contributed by atoms with Gasteiger partial charge in [-0.2, -0.15) is 0 Å². The van der Waals surface area contributed by atoms with Gasteiger partial charge in [0.25, 0.3) is 0 Å². The molecule has 25 heavy (non-hydrogen) atoms. The molecule has 0 bridgehead atoms. The van der Waals surface area contributed by atoms with Crippen LogP contribution in [0.4, 0.5) is 0 Å². The van der Waals surface area contributed by atoms with Gasteiger partial charge in [0, 0.05) is 21.7 Å². The molecule has 1 heterocycles. The Morgan fingerprint density at radius 3 is 2.60 bits per heavy atom. The van der Waals surface area contributed by atoms with Crippen molar-refractivity contribution >= 4 is 32.6 Å². The van der Waals surface area contributed by atoms with E-state index in [2.05, 4.69) is 73.4 Å². The van der Waals surface area contributed by atoms with E-state index in [9.17, 15) is 0 Å². The number of rotatable bonds is 6. The van der Waals surface area contributed by atoms with Gasteiger partial charge in [0.05, 0.1) is 5.52 Å². The summed E-state index contributed by atoms with van der Waals surface area (Å²) in [5.41, 5.74) is 4.04. The van der Waals surface area contributed by atoms with Crippen LogP contribution in [0.2, 0.25) is 0 Å². The predicted octanol–water partition coefficient (Wildman–Crippen LogP) is 7.23. The average Bonchev–Trinajstić information content (AvgIpc) is 3.03. The van der Waals surface area contributed by atoms with Crippen molar-refractivity contribution in [3.63, 3.8) is 0 Å². The largest absolute Gasteiger partial charge is 0.354 e. The number of fused-ring (bicyclic) bond motifs is 5. The molecule has 1 aromatic heterocycles. The maximum atomic E-state index is 3.70. The number of hydrogen-bond acceptors (Lipinski definition) is 0. The van der Waals surface area contributed by atoms with Crippen LogP contribution in [-0.2, 0) is 6.42 Å². The van der Waals surface area contributed by atoms with E-state index in [4.69, 9.17) is 0 Å². The van der Waals surface area contributed by atoms with Crippen molar-refractivity contribution in [1.82, 2.24) is 4.98 Å². The van der Waals surface area contributed by atoms with Crippen molar-refractivity contribution in [2.45, 2.75) is 46.0 Å². The minimum absolute atomic E-state index is 0.783. The van der Waals surface area contributed by atoms with Gasteiger partial charge in [-0.05, 0) is 29.4 Å². The molecule has 128 valence electrons. The third kappa shape index (κ3) is 2.93. The van der Waals surface area contributed by atoms with E-state index in [0.29, 0.717) is 0 Å². The molecule has 1 nitrogen and oxygen atoms in total. The molecule has 0 spiro atoms. The lowest BCUT2D eigenvalue weighted by Gasteiger charge is -2.16. The first kappa shape index (κ1) is 16.2. The maximum Gasteiger partial charge on any atom is 0.0547 e. The summed E-state index contributed by atoms with van der Waals surface area (Å²) < 4.78 is 0. The Labute approximate surface area is 150 Å². The summed E-state index contributed by atoms with van der Waals surface area (Å²) >= 11 is 0. The molecule has 0 aliphatic rings. The highest BCUT2D eigenvalue weighted by Crippen LogP contribution is 2.34. The molecule has 0 radical (unpaired) electrons. The fourth-order valence-electron chi connectivity index (χ4n) is 4.20. The van der Waals surface area contributed by atoms with E-state index in [1.807, 2.05) is 0 Å². The van der Waals surface area contributed by atoms with Crippen molar-refractivity contribution < 1.29 is 0 Å². The number of nitrogens with one attached hydrogen (secondary N) is 1. The second-order valence-electron chi connectivity index (χ2n) is 7.29. The standard InChI is InChI=1S/C24H27N/c1-3-5-9-17(4-2)16-19-11-8-10-18-14-15-21-20-12-6-7-13-22(20)25-24(21)23(18)19/h6-8,10-15,17,25H,3-5,9,16H2,1-2H3. The summed E-state index contributed by atoms with van der Waals surface area (Å²) in [6.07, 6.45) is 6.41. The number of unbranched alkanes of at least 4 members (excludes halogenated alkanes) is 1. The summed E-state index contributed by atoms with van der Waals surface area (Å²) in [5, 5.41) is 5.44. The number of aromatic amines is 1. The number of benzene rings is 3. The minimum atomic E-state index is 0.783. The van der Waals surface area contributed by atoms with Crippen LogP contribution in [0.15, 0.2) is 54.6 Å². The van der Waals surface area contributed by atoms with Crippen molar-refractivity contribution in [2.75, 3.05) is 0 Å². The number of H-pyrrole nitrogens is 1. The Morgan fingerprint density at radius 1 is 0.880 bits per heavy atom. The van der Waals surface area contributed by atoms with Gasteiger partial charge in [-0.1, -0.05) is 88.1 Å². The summed E-state index contributed by atoms with van der Waals surface area (Å²) in [6, 6.07) is 20.0. The number of hydrogen-bond donors (Lipinski definition) is 1. The highest BCUT2D eigenvalue weighted by atomic mass is 14.7. The van der Waals surface area contributed by atoms with Crippen LogP contribution in [0.3, 0.4) is 0 Å². The fraction of sp³-hybridized carbons (Fsp3) is 0.333. The predicted molar refractivity (Wildman–Crippen MR) is 110 cm³/mol. The lowest BCUT2D eigenvalue weighted by atomic mass is 9.89. The minimum Gasteiger partial charge on any atom is -0.354 e. The first-order valence-corrected chi connectivity index (χ1v) is 9.72. The topological polar surface area (TPSA) is 15.8 Å². The van der Waals surface area contributed by atoms with Crippen LogP contribution in [0.5, 0.6) is 0 Å². The molecule has 0 saturated heterocycles. The maximum absolute atomic E-state index is 3.70. The summed E-state index contributed by atoms with van der Waals surface area (Å²) in [6.45, 7) is 4.63. The van der Waals surface area contributed by atoms with Crippen LogP contribution in [0.25, 0.3) is 32.6 Å². The van der Waals surface area contributed by atoms with Crippen molar-refractivity contribution in [2.24, 2.45) is 5.92 Å². The van der Waals surface area contributed by atoms with E-state index in [1.54, 1.807) is 0 Å². The second-order valence-corrected chi connectivity index (χ2v) is 7.29. The normalized spacial score (nSPS) is 13.0. The van der Waals surface area contributed by atoms with Gasteiger partial charge >= 0.3 is 0 Å². The van der Waals surface area contributed by atoms with E-state index in [0.717, 1.165) is 5.92 Å². The lowest BCUT2D eigenvalue weighted by Crippen LogP contribution is -2.04. The zero-order valence-electron chi connectivity index (χ0n) is 15.3. The second kappa shape index (κ2) is 6.92. The molecule has 1 atom stereocenters. The van der Waals surface area contributed by atoms with E-state index < -0.39 is 0 Å². The molecule has 1 heteroatoms. The third-order valence-electron chi connectivity index (χ3n) is 5.66. The van der Waals surface area contributed by atoms with Gasteiger partial charge in [-0.25, -0.2) is 0 Å². The van der Waals surface area contributed by atoms with Gasteiger partial charge in [0.15, 0.2) is 0 Å². The highest BCUT2D eigenvalue weighted by molar-refractivity contribution is 6.17. The number of aromatic nitrogens is 1. The molecule has 3 aromatic carbocycles. The SMILES string of the molecule is CCCCC(CC)Cc1cccc2ccc3c4ccccc4[nH]c3c12. The number of para-hydroxylation sites is 1. The molecule has 0 aliphatic heterocycles. The Hall–Kier alpha value is -2.28. The van der Waals surface area contributed by atoms with Crippen molar-refractivity contribution in [3.8, 4) is 0 Å².